The molecular formula is C12H24O2. The molecular weight excluding hydrogens is 176 g/mol. The first-order chi connectivity index (χ1) is 6.42. The Bertz CT molecular complexity index is 172. The van der Waals surface area contributed by atoms with Crippen molar-refractivity contribution in [3.8, 4) is 0 Å². The summed E-state index contributed by atoms with van der Waals surface area (Å²) >= 11 is 0. The monoisotopic (exact) mass is 200 g/mol. The molecule has 0 radical (unpaired) electrons. The van der Waals surface area contributed by atoms with Crippen molar-refractivity contribution in [1.29, 1.82) is 0 Å². The lowest BCUT2D eigenvalue weighted by molar-refractivity contribution is -0.0610. The van der Waals surface area contributed by atoms with Crippen LogP contribution in [0.3, 0.4) is 0 Å². The van der Waals surface area contributed by atoms with Crippen molar-refractivity contribution in [1.82, 2.24) is 0 Å². The van der Waals surface area contributed by atoms with Gasteiger partial charge in [0.05, 0.1) is 24.4 Å². The van der Waals surface area contributed by atoms with Crippen LogP contribution in [0.5, 0.6) is 0 Å². The molecule has 84 valence electrons. The third kappa shape index (κ3) is 3.58. The molecule has 0 bridgehead atoms. The Morgan fingerprint density at radius 1 is 1.43 bits per heavy atom. The minimum Gasteiger partial charge on any atom is -0.375 e. The molecule has 14 heavy (non-hydrogen) atoms. The van der Waals surface area contributed by atoms with Gasteiger partial charge in [-0.15, -0.1) is 0 Å². The molecule has 0 saturated carbocycles. The Morgan fingerprint density at radius 2 is 2.07 bits per heavy atom. The van der Waals surface area contributed by atoms with Gasteiger partial charge in [-0.1, -0.05) is 20.3 Å². The molecule has 0 N–H and O–H groups in total. The van der Waals surface area contributed by atoms with E-state index in [0.29, 0.717) is 18.1 Å². The second-order valence-corrected chi connectivity index (χ2v) is 5.35. The van der Waals surface area contributed by atoms with Gasteiger partial charge in [0.1, 0.15) is 0 Å². The Morgan fingerprint density at radius 3 is 2.57 bits per heavy atom. The van der Waals surface area contributed by atoms with E-state index in [2.05, 4.69) is 34.6 Å². The van der Waals surface area contributed by atoms with Crippen LogP contribution in [0, 0.1) is 5.92 Å². The Labute approximate surface area is 88.0 Å². The fourth-order valence-corrected chi connectivity index (χ4v) is 1.87. The molecule has 1 aliphatic rings. The topological polar surface area (TPSA) is 18.5 Å². The zero-order valence-corrected chi connectivity index (χ0v) is 10.2. The quantitative estimate of drug-likeness (QED) is 0.697. The molecule has 2 nitrogen and oxygen atoms in total. The molecule has 0 aliphatic carbocycles. The summed E-state index contributed by atoms with van der Waals surface area (Å²) < 4.78 is 11.6. The van der Waals surface area contributed by atoms with Gasteiger partial charge in [-0.25, -0.2) is 0 Å². The lowest BCUT2D eigenvalue weighted by atomic mass is 9.99. The van der Waals surface area contributed by atoms with Crippen LogP contribution < -0.4 is 0 Å². The lowest BCUT2D eigenvalue weighted by Crippen LogP contribution is -2.28. The van der Waals surface area contributed by atoms with E-state index in [0.717, 1.165) is 13.0 Å². The van der Waals surface area contributed by atoms with Crippen molar-refractivity contribution >= 4 is 0 Å². The van der Waals surface area contributed by atoms with Gasteiger partial charge < -0.3 is 9.47 Å². The average molecular weight is 200 g/mol. The van der Waals surface area contributed by atoms with E-state index in [4.69, 9.17) is 9.47 Å². The highest BCUT2D eigenvalue weighted by molar-refractivity contribution is 4.79. The Hall–Kier alpha value is -0.0800. The zero-order valence-electron chi connectivity index (χ0n) is 10.2. The molecule has 3 unspecified atom stereocenters. The maximum absolute atomic E-state index is 5.90. The van der Waals surface area contributed by atoms with Crippen LogP contribution in [-0.2, 0) is 9.47 Å². The number of ether oxygens (including phenoxy) is 2. The van der Waals surface area contributed by atoms with Gasteiger partial charge in [0.25, 0.3) is 0 Å². The number of rotatable bonds is 3. The maximum Gasteiger partial charge on any atom is 0.0840 e. The van der Waals surface area contributed by atoms with Crippen molar-refractivity contribution < 1.29 is 9.47 Å². The fourth-order valence-electron chi connectivity index (χ4n) is 1.87. The summed E-state index contributed by atoms with van der Waals surface area (Å²) in [4.78, 5) is 0. The van der Waals surface area contributed by atoms with Crippen molar-refractivity contribution in [2.24, 2.45) is 5.92 Å². The molecule has 0 aromatic heterocycles. The average Bonchev–Trinajstić information content (AvgIpc) is 2.48. The molecule has 1 aliphatic heterocycles. The summed E-state index contributed by atoms with van der Waals surface area (Å²) in [6.07, 6.45) is 2.96. The van der Waals surface area contributed by atoms with E-state index in [1.54, 1.807) is 0 Å². The summed E-state index contributed by atoms with van der Waals surface area (Å²) in [5.41, 5.74) is -0.0433. The van der Waals surface area contributed by atoms with Crippen LogP contribution in [0.4, 0.5) is 0 Å². The van der Waals surface area contributed by atoms with E-state index in [9.17, 15) is 0 Å². The highest BCUT2D eigenvalue weighted by atomic mass is 16.6. The summed E-state index contributed by atoms with van der Waals surface area (Å²) in [7, 11) is 0. The second-order valence-electron chi connectivity index (χ2n) is 5.35. The van der Waals surface area contributed by atoms with E-state index < -0.39 is 0 Å². The minimum absolute atomic E-state index is 0.0433. The van der Waals surface area contributed by atoms with Crippen molar-refractivity contribution in [3.63, 3.8) is 0 Å². The van der Waals surface area contributed by atoms with Gasteiger partial charge in [-0.3, -0.25) is 0 Å². The molecule has 0 aromatic rings. The molecule has 0 spiro atoms. The Kier molecular flexibility index (Phi) is 3.96. The highest BCUT2D eigenvalue weighted by Crippen LogP contribution is 2.27. The molecule has 1 saturated heterocycles. The van der Waals surface area contributed by atoms with Crippen molar-refractivity contribution in [3.05, 3.63) is 0 Å². The Balaban J connectivity index is 2.34. The third-order valence-corrected chi connectivity index (χ3v) is 2.79. The van der Waals surface area contributed by atoms with Gasteiger partial charge in [-0.05, 0) is 26.7 Å². The van der Waals surface area contributed by atoms with Crippen LogP contribution >= 0.6 is 0 Å². The van der Waals surface area contributed by atoms with Crippen LogP contribution in [-0.4, -0.2) is 24.4 Å². The zero-order chi connectivity index (χ0) is 10.8. The van der Waals surface area contributed by atoms with Crippen molar-refractivity contribution in [2.75, 3.05) is 6.61 Å². The van der Waals surface area contributed by atoms with E-state index in [1.807, 2.05) is 0 Å². The summed E-state index contributed by atoms with van der Waals surface area (Å²) in [6, 6.07) is 0. The molecule has 3 atom stereocenters. The highest BCUT2D eigenvalue weighted by Gasteiger charge is 2.31. The minimum atomic E-state index is -0.0433. The van der Waals surface area contributed by atoms with Gasteiger partial charge in [0, 0.05) is 6.42 Å². The molecule has 2 heteroatoms. The van der Waals surface area contributed by atoms with Gasteiger partial charge in [0.15, 0.2) is 0 Å². The van der Waals surface area contributed by atoms with E-state index >= 15 is 0 Å². The van der Waals surface area contributed by atoms with E-state index in [1.165, 1.54) is 6.42 Å². The first kappa shape index (κ1) is 12.0. The summed E-state index contributed by atoms with van der Waals surface area (Å²) in [6.45, 7) is 11.5. The predicted octanol–water partition coefficient (Wildman–Crippen LogP) is 3.01. The van der Waals surface area contributed by atoms with Crippen LogP contribution in [0.25, 0.3) is 0 Å². The van der Waals surface area contributed by atoms with Gasteiger partial charge in [0.2, 0.25) is 0 Å². The molecule has 1 fully saturated rings. The maximum atomic E-state index is 5.90. The van der Waals surface area contributed by atoms with E-state index in [-0.39, 0.29) is 5.60 Å². The summed E-state index contributed by atoms with van der Waals surface area (Å²) in [5, 5.41) is 0. The molecule has 0 amide bonds. The molecule has 0 aromatic carbocycles. The third-order valence-electron chi connectivity index (χ3n) is 2.79. The SMILES string of the molecule is CCC(C)C1CC(OC(C)(C)C)CO1. The van der Waals surface area contributed by atoms with Crippen LogP contribution in [0.1, 0.15) is 47.5 Å². The number of hydrogen-bond donors (Lipinski definition) is 0. The normalized spacial score (nSPS) is 30.6. The van der Waals surface area contributed by atoms with Gasteiger partial charge in [-0.2, -0.15) is 0 Å². The predicted molar refractivity (Wildman–Crippen MR) is 58.4 cm³/mol. The van der Waals surface area contributed by atoms with Crippen LogP contribution in [0.2, 0.25) is 0 Å². The summed E-state index contributed by atoms with van der Waals surface area (Å²) in [5.74, 6) is 0.656. The second kappa shape index (κ2) is 4.63. The largest absolute Gasteiger partial charge is 0.375 e. The molecule has 1 heterocycles. The van der Waals surface area contributed by atoms with Crippen LogP contribution in [0.15, 0.2) is 0 Å². The molecule has 1 rings (SSSR count). The fraction of sp³-hybridized carbons (Fsp3) is 1.00. The lowest BCUT2D eigenvalue weighted by Gasteiger charge is -2.24. The van der Waals surface area contributed by atoms with Gasteiger partial charge >= 0.3 is 0 Å². The first-order valence-corrected chi connectivity index (χ1v) is 5.71. The first-order valence-electron chi connectivity index (χ1n) is 5.71. The smallest absolute Gasteiger partial charge is 0.0840 e. The van der Waals surface area contributed by atoms with Crippen molar-refractivity contribution in [2.45, 2.75) is 65.3 Å². The standard InChI is InChI=1S/C12H24O2/c1-6-9(2)11-7-10(8-13-11)14-12(3,4)5/h9-11H,6-8H2,1-5H3. The number of hydrogen-bond acceptors (Lipinski definition) is 2.